The van der Waals surface area contributed by atoms with E-state index in [1.54, 1.807) is 0 Å². The summed E-state index contributed by atoms with van der Waals surface area (Å²) in [7, 11) is 0. The summed E-state index contributed by atoms with van der Waals surface area (Å²) in [6, 6.07) is 8.31. The Morgan fingerprint density at radius 2 is 2.29 bits per heavy atom. The third kappa shape index (κ3) is 4.36. The van der Waals surface area contributed by atoms with Gasteiger partial charge in [-0.2, -0.15) is 0 Å². The van der Waals surface area contributed by atoms with Gasteiger partial charge in [0.25, 0.3) is 0 Å². The minimum atomic E-state index is 0.156. The number of benzene rings is 1. The van der Waals surface area contributed by atoms with Gasteiger partial charge in [0.15, 0.2) is 5.96 Å². The SMILES string of the molecule is CCNC(=NCC(C)CO)NC1CCOc2ccccc21. The topological polar surface area (TPSA) is 65.9 Å². The van der Waals surface area contributed by atoms with Crippen molar-refractivity contribution in [1.82, 2.24) is 10.6 Å². The average Bonchev–Trinajstić information content (AvgIpc) is 2.52. The Hall–Kier alpha value is -1.75. The van der Waals surface area contributed by atoms with Gasteiger partial charge in [-0.1, -0.05) is 25.1 Å². The van der Waals surface area contributed by atoms with E-state index in [2.05, 4.69) is 21.7 Å². The van der Waals surface area contributed by atoms with Crippen LogP contribution in [0.4, 0.5) is 0 Å². The van der Waals surface area contributed by atoms with Crippen molar-refractivity contribution in [3.63, 3.8) is 0 Å². The van der Waals surface area contributed by atoms with Crippen LogP contribution in [0.25, 0.3) is 0 Å². The van der Waals surface area contributed by atoms with Gasteiger partial charge in [-0.25, -0.2) is 0 Å². The molecule has 1 aliphatic rings. The summed E-state index contributed by atoms with van der Waals surface area (Å²) >= 11 is 0. The molecular formula is C16H25N3O2. The number of para-hydroxylation sites is 1. The molecule has 0 spiro atoms. The Morgan fingerprint density at radius 1 is 1.48 bits per heavy atom. The summed E-state index contributed by atoms with van der Waals surface area (Å²) in [6.07, 6.45) is 0.914. The smallest absolute Gasteiger partial charge is 0.191 e. The first-order valence-corrected chi connectivity index (χ1v) is 7.62. The maximum atomic E-state index is 9.10. The fourth-order valence-electron chi connectivity index (χ4n) is 2.28. The molecule has 0 bridgehead atoms. The minimum Gasteiger partial charge on any atom is -0.493 e. The highest BCUT2D eigenvalue weighted by Gasteiger charge is 2.21. The lowest BCUT2D eigenvalue weighted by Crippen LogP contribution is -2.41. The molecule has 0 aromatic heterocycles. The van der Waals surface area contributed by atoms with Crippen LogP contribution in [0.15, 0.2) is 29.3 Å². The number of aliphatic hydroxyl groups is 1. The summed E-state index contributed by atoms with van der Waals surface area (Å²) in [5, 5.41) is 15.8. The van der Waals surface area contributed by atoms with Crippen LogP contribution in [0.1, 0.15) is 31.9 Å². The van der Waals surface area contributed by atoms with Crippen LogP contribution in [0.5, 0.6) is 5.75 Å². The predicted molar refractivity (Wildman–Crippen MR) is 84.7 cm³/mol. The van der Waals surface area contributed by atoms with Crippen molar-refractivity contribution >= 4 is 5.96 Å². The van der Waals surface area contributed by atoms with Crippen molar-refractivity contribution in [3.8, 4) is 5.75 Å². The zero-order chi connectivity index (χ0) is 15.1. The molecule has 0 fully saturated rings. The summed E-state index contributed by atoms with van der Waals surface area (Å²) in [5.74, 6) is 1.91. The lowest BCUT2D eigenvalue weighted by atomic mass is 10.0. The predicted octanol–water partition coefficient (Wildman–Crippen LogP) is 1.69. The van der Waals surface area contributed by atoms with E-state index in [1.165, 1.54) is 5.56 Å². The van der Waals surface area contributed by atoms with Crippen LogP contribution in [-0.2, 0) is 0 Å². The number of aliphatic imine (C=N–C) groups is 1. The second-order valence-electron chi connectivity index (χ2n) is 5.38. The van der Waals surface area contributed by atoms with Crippen molar-refractivity contribution < 1.29 is 9.84 Å². The van der Waals surface area contributed by atoms with Crippen LogP contribution >= 0.6 is 0 Å². The first kappa shape index (κ1) is 15.6. The van der Waals surface area contributed by atoms with E-state index in [0.717, 1.165) is 24.7 Å². The lowest BCUT2D eigenvalue weighted by molar-refractivity contribution is 0.241. The highest BCUT2D eigenvalue weighted by atomic mass is 16.5. The molecular weight excluding hydrogens is 266 g/mol. The molecule has 0 radical (unpaired) electrons. The van der Waals surface area contributed by atoms with Gasteiger partial charge < -0.3 is 20.5 Å². The molecule has 1 aromatic carbocycles. The van der Waals surface area contributed by atoms with Gasteiger partial charge in [0.2, 0.25) is 0 Å². The molecule has 1 aliphatic heterocycles. The second-order valence-corrected chi connectivity index (χ2v) is 5.38. The van der Waals surface area contributed by atoms with Crippen molar-refractivity contribution in [2.45, 2.75) is 26.3 Å². The number of rotatable bonds is 5. The van der Waals surface area contributed by atoms with E-state index in [0.29, 0.717) is 13.2 Å². The van der Waals surface area contributed by atoms with Crippen LogP contribution in [-0.4, -0.2) is 37.4 Å². The molecule has 3 N–H and O–H groups in total. The Balaban J connectivity index is 2.07. The summed E-state index contributed by atoms with van der Waals surface area (Å²) in [6.45, 7) is 6.31. The van der Waals surface area contributed by atoms with Gasteiger partial charge in [0.1, 0.15) is 5.75 Å². The molecule has 0 saturated heterocycles. The Bertz CT molecular complexity index is 476. The molecule has 2 unspecified atom stereocenters. The minimum absolute atomic E-state index is 0.156. The van der Waals surface area contributed by atoms with Crippen LogP contribution in [0, 0.1) is 5.92 Å². The van der Waals surface area contributed by atoms with Gasteiger partial charge in [0, 0.05) is 31.7 Å². The first-order chi connectivity index (χ1) is 10.2. The van der Waals surface area contributed by atoms with E-state index in [9.17, 15) is 0 Å². The largest absolute Gasteiger partial charge is 0.493 e. The first-order valence-electron chi connectivity index (χ1n) is 7.62. The van der Waals surface area contributed by atoms with E-state index >= 15 is 0 Å². The second kappa shape index (κ2) is 7.88. The summed E-state index contributed by atoms with van der Waals surface area (Å²) in [5.41, 5.74) is 1.17. The molecule has 2 rings (SSSR count). The highest BCUT2D eigenvalue weighted by molar-refractivity contribution is 5.80. The molecule has 5 nitrogen and oxygen atoms in total. The van der Waals surface area contributed by atoms with E-state index in [4.69, 9.17) is 9.84 Å². The molecule has 1 aromatic rings. The van der Waals surface area contributed by atoms with Gasteiger partial charge >= 0.3 is 0 Å². The van der Waals surface area contributed by atoms with Crippen LogP contribution in [0.2, 0.25) is 0 Å². The van der Waals surface area contributed by atoms with Gasteiger partial charge in [-0.05, 0) is 18.9 Å². The summed E-state index contributed by atoms with van der Waals surface area (Å²) < 4.78 is 5.68. The Kier molecular flexibility index (Phi) is 5.87. The van der Waals surface area contributed by atoms with Crippen molar-refractivity contribution in [2.24, 2.45) is 10.9 Å². The number of nitrogens with zero attached hydrogens (tertiary/aromatic N) is 1. The number of guanidine groups is 1. The van der Waals surface area contributed by atoms with E-state index in [-0.39, 0.29) is 18.6 Å². The number of aliphatic hydroxyl groups excluding tert-OH is 1. The molecule has 0 aliphatic carbocycles. The fraction of sp³-hybridized carbons (Fsp3) is 0.562. The molecule has 116 valence electrons. The van der Waals surface area contributed by atoms with Gasteiger partial charge in [-0.3, -0.25) is 4.99 Å². The molecule has 1 heterocycles. The van der Waals surface area contributed by atoms with E-state index in [1.807, 2.05) is 32.0 Å². The number of fused-ring (bicyclic) bond motifs is 1. The van der Waals surface area contributed by atoms with E-state index < -0.39 is 0 Å². The number of hydrogen-bond acceptors (Lipinski definition) is 3. The Labute approximate surface area is 126 Å². The van der Waals surface area contributed by atoms with Gasteiger partial charge in [-0.15, -0.1) is 0 Å². The lowest BCUT2D eigenvalue weighted by Gasteiger charge is -2.28. The zero-order valence-corrected chi connectivity index (χ0v) is 12.8. The number of ether oxygens (including phenoxy) is 1. The third-order valence-electron chi connectivity index (χ3n) is 3.49. The fourth-order valence-corrected chi connectivity index (χ4v) is 2.28. The quantitative estimate of drug-likeness (QED) is 0.570. The zero-order valence-electron chi connectivity index (χ0n) is 12.8. The molecule has 5 heteroatoms. The third-order valence-corrected chi connectivity index (χ3v) is 3.49. The Morgan fingerprint density at radius 3 is 3.05 bits per heavy atom. The summed E-state index contributed by atoms with van der Waals surface area (Å²) in [4.78, 5) is 4.54. The van der Waals surface area contributed by atoms with Crippen LogP contribution < -0.4 is 15.4 Å². The van der Waals surface area contributed by atoms with Crippen molar-refractivity contribution in [3.05, 3.63) is 29.8 Å². The highest BCUT2D eigenvalue weighted by Crippen LogP contribution is 2.31. The molecule has 0 saturated carbocycles. The average molecular weight is 291 g/mol. The van der Waals surface area contributed by atoms with Gasteiger partial charge in [0.05, 0.1) is 12.6 Å². The maximum absolute atomic E-state index is 9.10. The normalized spacial score (nSPS) is 19.4. The molecule has 0 amide bonds. The van der Waals surface area contributed by atoms with Crippen molar-refractivity contribution in [2.75, 3.05) is 26.3 Å². The van der Waals surface area contributed by atoms with Crippen LogP contribution in [0.3, 0.4) is 0 Å². The standard InChI is InChI=1S/C16H25N3O2/c1-3-17-16(18-10-12(2)11-20)19-14-8-9-21-15-7-5-4-6-13(14)15/h4-7,12,14,20H,3,8-11H2,1-2H3,(H2,17,18,19). The number of hydrogen-bond donors (Lipinski definition) is 3. The molecule has 2 atom stereocenters. The maximum Gasteiger partial charge on any atom is 0.191 e. The number of nitrogens with one attached hydrogen (secondary N) is 2. The van der Waals surface area contributed by atoms with Crippen molar-refractivity contribution in [1.29, 1.82) is 0 Å². The molecule has 21 heavy (non-hydrogen) atoms. The monoisotopic (exact) mass is 291 g/mol.